The predicted octanol–water partition coefficient (Wildman–Crippen LogP) is 2.29. The summed E-state index contributed by atoms with van der Waals surface area (Å²) in [6, 6.07) is 6.67. The summed E-state index contributed by atoms with van der Waals surface area (Å²) in [5.74, 6) is 0. The molecule has 0 radical (unpaired) electrons. The van der Waals surface area contributed by atoms with E-state index < -0.39 is 5.60 Å². The van der Waals surface area contributed by atoms with Crippen LogP contribution in [0.3, 0.4) is 0 Å². The van der Waals surface area contributed by atoms with Gasteiger partial charge < -0.3 is 14.7 Å². The summed E-state index contributed by atoms with van der Waals surface area (Å²) < 4.78 is 5.36. The fraction of sp³-hybridized carbons (Fsp3) is 0.625. The predicted molar refractivity (Wildman–Crippen MR) is 76.7 cm³/mol. The Hall–Kier alpha value is -1.06. The molecular weight excluding hydrogens is 238 g/mol. The van der Waals surface area contributed by atoms with E-state index in [0.29, 0.717) is 13.2 Å². The van der Waals surface area contributed by atoms with Crippen molar-refractivity contribution in [3.05, 3.63) is 29.3 Å². The van der Waals surface area contributed by atoms with Crippen molar-refractivity contribution in [1.82, 2.24) is 0 Å². The van der Waals surface area contributed by atoms with Crippen molar-refractivity contribution >= 4 is 5.69 Å². The van der Waals surface area contributed by atoms with Gasteiger partial charge in [-0.15, -0.1) is 0 Å². The van der Waals surface area contributed by atoms with E-state index >= 15 is 0 Å². The molecule has 3 rings (SSSR count). The molecule has 2 aliphatic rings. The maximum atomic E-state index is 10.7. The highest BCUT2D eigenvalue weighted by atomic mass is 16.5. The van der Waals surface area contributed by atoms with E-state index in [4.69, 9.17) is 4.74 Å². The zero-order valence-electron chi connectivity index (χ0n) is 11.7. The van der Waals surface area contributed by atoms with Crippen molar-refractivity contribution in [1.29, 1.82) is 0 Å². The summed E-state index contributed by atoms with van der Waals surface area (Å²) >= 11 is 0. The van der Waals surface area contributed by atoms with Crippen LogP contribution >= 0.6 is 0 Å². The lowest BCUT2D eigenvalue weighted by Gasteiger charge is -2.40. The van der Waals surface area contributed by atoms with Crippen molar-refractivity contribution in [2.45, 2.75) is 38.2 Å². The van der Waals surface area contributed by atoms with Crippen LogP contribution in [0.1, 0.15) is 30.4 Å². The molecule has 0 spiro atoms. The zero-order valence-corrected chi connectivity index (χ0v) is 11.7. The second-order valence-electron chi connectivity index (χ2n) is 5.99. The summed E-state index contributed by atoms with van der Waals surface area (Å²) in [7, 11) is 0. The molecule has 0 saturated carbocycles. The standard InChI is InChI=1S/C16H23NO2/c1-13-4-5-15-14(11-13)3-2-8-17(15)12-16(18)6-9-19-10-7-16/h4-5,11,18H,2-3,6-10,12H2,1H3. The summed E-state index contributed by atoms with van der Waals surface area (Å²) in [5.41, 5.74) is 3.50. The van der Waals surface area contributed by atoms with Crippen LogP contribution in [0.2, 0.25) is 0 Å². The molecule has 2 aliphatic heterocycles. The van der Waals surface area contributed by atoms with E-state index in [1.54, 1.807) is 0 Å². The van der Waals surface area contributed by atoms with Gasteiger partial charge in [0.2, 0.25) is 0 Å². The Balaban J connectivity index is 1.79. The van der Waals surface area contributed by atoms with Gasteiger partial charge in [0.25, 0.3) is 0 Å². The zero-order chi connectivity index (χ0) is 13.3. The smallest absolute Gasteiger partial charge is 0.0865 e. The minimum atomic E-state index is -0.572. The topological polar surface area (TPSA) is 32.7 Å². The maximum absolute atomic E-state index is 10.7. The molecule has 1 aromatic carbocycles. The molecular formula is C16H23NO2. The van der Waals surface area contributed by atoms with Gasteiger partial charge in [-0.25, -0.2) is 0 Å². The first-order chi connectivity index (χ1) is 9.16. The molecule has 0 atom stereocenters. The van der Waals surface area contributed by atoms with Crippen LogP contribution in [0, 0.1) is 6.92 Å². The van der Waals surface area contributed by atoms with Crippen molar-refractivity contribution in [2.24, 2.45) is 0 Å². The first-order valence-corrected chi connectivity index (χ1v) is 7.31. The highest BCUT2D eigenvalue weighted by Gasteiger charge is 2.33. The number of hydrogen-bond donors (Lipinski definition) is 1. The molecule has 1 saturated heterocycles. The van der Waals surface area contributed by atoms with Gasteiger partial charge in [-0.1, -0.05) is 17.7 Å². The molecule has 104 valence electrons. The SMILES string of the molecule is Cc1ccc2c(c1)CCCN2CC1(O)CCOCC1. The Morgan fingerprint density at radius 3 is 2.89 bits per heavy atom. The number of nitrogens with zero attached hydrogens (tertiary/aromatic N) is 1. The molecule has 1 aromatic rings. The van der Waals surface area contributed by atoms with Gasteiger partial charge in [-0.2, -0.15) is 0 Å². The van der Waals surface area contributed by atoms with E-state index in [0.717, 1.165) is 32.4 Å². The average Bonchev–Trinajstić information content (AvgIpc) is 2.39. The molecule has 0 aliphatic carbocycles. The third-order valence-corrected chi connectivity index (χ3v) is 4.36. The number of hydrogen-bond acceptors (Lipinski definition) is 3. The number of anilines is 1. The third-order valence-electron chi connectivity index (χ3n) is 4.36. The van der Waals surface area contributed by atoms with Crippen molar-refractivity contribution in [3.8, 4) is 0 Å². The monoisotopic (exact) mass is 261 g/mol. The fourth-order valence-corrected chi connectivity index (χ4v) is 3.23. The van der Waals surface area contributed by atoms with Crippen molar-refractivity contribution in [2.75, 3.05) is 31.2 Å². The van der Waals surface area contributed by atoms with Crippen LogP contribution in [0.25, 0.3) is 0 Å². The lowest BCUT2D eigenvalue weighted by molar-refractivity contribution is -0.0579. The second kappa shape index (κ2) is 5.14. The normalized spacial score (nSPS) is 22.1. The average molecular weight is 261 g/mol. The van der Waals surface area contributed by atoms with Gasteiger partial charge in [-0.3, -0.25) is 0 Å². The second-order valence-corrected chi connectivity index (χ2v) is 5.99. The van der Waals surface area contributed by atoms with Crippen molar-refractivity contribution in [3.63, 3.8) is 0 Å². The highest BCUT2D eigenvalue weighted by molar-refractivity contribution is 5.57. The minimum Gasteiger partial charge on any atom is -0.388 e. The molecule has 2 heterocycles. The van der Waals surface area contributed by atoms with E-state index in [2.05, 4.69) is 30.0 Å². The highest BCUT2D eigenvalue weighted by Crippen LogP contribution is 2.31. The lowest BCUT2D eigenvalue weighted by atomic mass is 9.91. The molecule has 0 unspecified atom stereocenters. The fourth-order valence-electron chi connectivity index (χ4n) is 3.23. The van der Waals surface area contributed by atoms with Crippen LogP contribution in [0.4, 0.5) is 5.69 Å². The molecule has 0 aromatic heterocycles. The van der Waals surface area contributed by atoms with Crippen LogP contribution in [0.5, 0.6) is 0 Å². The maximum Gasteiger partial charge on any atom is 0.0865 e. The Bertz CT molecular complexity index is 452. The van der Waals surface area contributed by atoms with Crippen molar-refractivity contribution < 1.29 is 9.84 Å². The number of aryl methyl sites for hydroxylation is 2. The Morgan fingerprint density at radius 1 is 1.32 bits per heavy atom. The Kier molecular flexibility index (Phi) is 3.50. The Morgan fingerprint density at radius 2 is 2.11 bits per heavy atom. The number of ether oxygens (including phenoxy) is 1. The Labute approximate surface area is 115 Å². The number of rotatable bonds is 2. The van der Waals surface area contributed by atoms with Gasteiger partial charge in [0.1, 0.15) is 0 Å². The third kappa shape index (κ3) is 2.77. The summed E-state index contributed by atoms with van der Waals surface area (Å²) in [6.07, 6.45) is 3.85. The lowest BCUT2D eigenvalue weighted by Crippen LogP contribution is -2.48. The minimum absolute atomic E-state index is 0.572. The molecule has 0 bridgehead atoms. The van der Waals surface area contributed by atoms with E-state index in [1.165, 1.54) is 23.2 Å². The van der Waals surface area contributed by atoms with Crippen LogP contribution in [0.15, 0.2) is 18.2 Å². The van der Waals surface area contributed by atoms with E-state index in [-0.39, 0.29) is 0 Å². The molecule has 3 nitrogen and oxygen atoms in total. The summed E-state index contributed by atoms with van der Waals surface area (Å²) in [5, 5.41) is 10.7. The van der Waals surface area contributed by atoms with E-state index in [1.807, 2.05) is 0 Å². The summed E-state index contributed by atoms with van der Waals surface area (Å²) in [6.45, 7) is 5.31. The molecule has 1 N–H and O–H groups in total. The number of benzene rings is 1. The molecule has 3 heteroatoms. The van der Waals surface area contributed by atoms with Gasteiger partial charge >= 0.3 is 0 Å². The molecule has 0 amide bonds. The molecule has 19 heavy (non-hydrogen) atoms. The van der Waals surface area contributed by atoms with Gasteiger partial charge in [0.05, 0.1) is 5.60 Å². The first-order valence-electron chi connectivity index (χ1n) is 7.31. The number of β-amino-alcohol motifs (C(OH)–C–C–N with tert-alkyl or cyclic N) is 1. The van der Waals surface area contributed by atoms with E-state index in [9.17, 15) is 5.11 Å². The van der Waals surface area contributed by atoms with Gasteiger partial charge in [-0.05, 0) is 31.4 Å². The van der Waals surface area contributed by atoms with Gasteiger partial charge in [0, 0.05) is 44.8 Å². The summed E-state index contributed by atoms with van der Waals surface area (Å²) in [4.78, 5) is 2.36. The van der Waals surface area contributed by atoms with Crippen LogP contribution < -0.4 is 4.90 Å². The quantitative estimate of drug-likeness (QED) is 0.886. The largest absolute Gasteiger partial charge is 0.388 e. The van der Waals surface area contributed by atoms with Crippen LogP contribution in [-0.2, 0) is 11.2 Å². The first kappa shape index (κ1) is 12.9. The van der Waals surface area contributed by atoms with Crippen LogP contribution in [-0.4, -0.2) is 37.0 Å². The number of fused-ring (bicyclic) bond motifs is 1. The molecule has 1 fully saturated rings. The number of aliphatic hydroxyl groups is 1. The van der Waals surface area contributed by atoms with Gasteiger partial charge in [0.15, 0.2) is 0 Å².